The molecule has 2 saturated carbocycles. The van der Waals surface area contributed by atoms with Crippen molar-refractivity contribution >= 4 is 17.5 Å². The molecule has 0 aromatic carbocycles. The summed E-state index contributed by atoms with van der Waals surface area (Å²) in [6, 6.07) is 0. The van der Waals surface area contributed by atoms with Gasteiger partial charge >= 0.3 is 0 Å². The minimum atomic E-state index is -0.593. The Balaban J connectivity index is 0.000000326. The number of ketones is 1. The number of carbonyl (C=O) groups excluding carboxylic acids is 2. The van der Waals surface area contributed by atoms with Gasteiger partial charge in [0.1, 0.15) is 5.54 Å². The highest BCUT2D eigenvalue weighted by Gasteiger charge is 2.40. The van der Waals surface area contributed by atoms with Crippen molar-refractivity contribution in [2.24, 2.45) is 40.3 Å². The molecule has 1 aliphatic heterocycles. The second kappa shape index (κ2) is 20.6. The van der Waals surface area contributed by atoms with Gasteiger partial charge in [0.25, 0.3) is 0 Å². The molecule has 2 unspecified atom stereocenters. The monoisotopic (exact) mass is 602 g/mol. The minimum absolute atomic E-state index is 0.228. The van der Waals surface area contributed by atoms with Crippen LogP contribution in [0.25, 0.3) is 0 Å². The molecule has 3 fully saturated rings. The smallest absolute Gasteiger partial charge is 0.225 e. The van der Waals surface area contributed by atoms with E-state index in [1.54, 1.807) is 6.92 Å². The second-order valence-corrected chi connectivity index (χ2v) is 14.7. The van der Waals surface area contributed by atoms with E-state index in [1.807, 2.05) is 0 Å². The van der Waals surface area contributed by atoms with Crippen molar-refractivity contribution in [2.75, 3.05) is 13.1 Å². The molecule has 0 bridgehead atoms. The van der Waals surface area contributed by atoms with E-state index in [1.165, 1.54) is 103 Å². The molecule has 5 heteroatoms. The van der Waals surface area contributed by atoms with Gasteiger partial charge < -0.3 is 10.6 Å². The summed E-state index contributed by atoms with van der Waals surface area (Å²) in [5.41, 5.74) is 5.79. The van der Waals surface area contributed by atoms with E-state index < -0.39 is 5.54 Å². The van der Waals surface area contributed by atoms with Gasteiger partial charge in [-0.2, -0.15) is 0 Å². The Morgan fingerprint density at radius 1 is 0.814 bits per heavy atom. The first-order valence-corrected chi connectivity index (χ1v) is 18.8. The van der Waals surface area contributed by atoms with Gasteiger partial charge in [0, 0.05) is 24.9 Å². The van der Waals surface area contributed by atoms with Gasteiger partial charge in [0.2, 0.25) is 5.91 Å². The molecule has 250 valence electrons. The van der Waals surface area contributed by atoms with Crippen LogP contribution in [0.3, 0.4) is 0 Å². The number of carbonyl (C=O) groups is 2. The summed E-state index contributed by atoms with van der Waals surface area (Å²) < 4.78 is 0. The number of likely N-dealkylation sites (tertiary alicyclic amines) is 1. The molecule has 5 nitrogen and oxygen atoms in total. The van der Waals surface area contributed by atoms with E-state index in [0.29, 0.717) is 29.5 Å². The highest BCUT2D eigenvalue weighted by Crippen LogP contribution is 2.39. The van der Waals surface area contributed by atoms with Gasteiger partial charge in [-0.3, -0.25) is 14.6 Å². The largest absolute Gasteiger partial charge is 0.387 e. The van der Waals surface area contributed by atoms with E-state index in [0.717, 1.165) is 51.1 Å². The van der Waals surface area contributed by atoms with Gasteiger partial charge in [-0.05, 0) is 69.6 Å². The lowest BCUT2D eigenvalue weighted by Gasteiger charge is -2.36. The van der Waals surface area contributed by atoms with Crippen LogP contribution in [0, 0.1) is 29.6 Å². The Labute approximate surface area is 267 Å². The normalized spacial score (nSPS) is 21.9. The lowest BCUT2D eigenvalue weighted by molar-refractivity contribution is -0.137. The van der Waals surface area contributed by atoms with Crippen molar-refractivity contribution in [1.29, 1.82) is 0 Å². The summed E-state index contributed by atoms with van der Waals surface area (Å²) in [5, 5.41) is 0. The zero-order chi connectivity index (χ0) is 31.7. The van der Waals surface area contributed by atoms with E-state index in [-0.39, 0.29) is 11.7 Å². The third-order valence-electron chi connectivity index (χ3n) is 11.2. The zero-order valence-corrected chi connectivity index (χ0v) is 29.4. The second-order valence-electron chi connectivity index (χ2n) is 14.7. The van der Waals surface area contributed by atoms with E-state index in [4.69, 9.17) is 10.7 Å². The van der Waals surface area contributed by atoms with Crippen molar-refractivity contribution in [3.63, 3.8) is 0 Å². The number of nitrogens with zero attached hydrogens (tertiary/aromatic N) is 2. The number of nitrogens with two attached hydrogens (primary N) is 1. The number of hydrogen-bond acceptors (Lipinski definition) is 3. The molecule has 0 aromatic heterocycles. The first kappa shape index (κ1) is 37.8. The summed E-state index contributed by atoms with van der Waals surface area (Å²) in [6.45, 7) is 14.8. The van der Waals surface area contributed by atoms with Crippen LogP contribution < -0.4 is 5.73 Å². The topological polar surface area (TPSA) is 75.8 Å². The Hall–Kier alpha value is -1.39. The standard InChI is InChI=1S/C23H44N2O.C15H27NO/c1-6-12-20(13-7-2)16-23(19(5)26,25-22(24)18(4)8-3)17-21-14-10-9-11-15-21;1-2-13-9-11-16(12-10-13)15(17)14-7-5-3-4-6-8-14/h18,20-21H,6-17H2,1-5H3,(H2,24,25);13-14H,2-12H2,1H3. The van der Waals surface area contributed by atoms with Crippen molar-refractivity contribution in [3.8, 4) is 0 Å². The average Bonchev–Trinajstić information content (AvgIpc) is 3.31. The number of aliphatic imine (C=N–C) groups is 1. The van der Waals surface area contributed by atoms with Crippen LogP contribution in [0.4, 0.5) is 0 Å². The lowest BCUT2D eigenvalue weighted by Crippen LogP contribution is -2.42. The Morgan fingerprint density at radius 2 is 1.35 bits per heavy atom. The fraction of sp³-hybridized carbons (Fsp3) is 0.921. The van der Waals surface area contributed by atoms with Crippen molar-refractivity contribution in [1.82, 2.24) is 4.90 Å². The Morgan fingerprint density at radius 3 is 1.84 bits per heavy atom. The first-order chi connectivity index (χ1) is 20.7. The molecule has 3 rings (SSSR count). The maximum Gasteiger partial charge on any atom is 0.225 e. The number of Topliss-reactive ketones (excluding diaryl/α,β-unsaturated/α-hetero) is 1. The molecule has 0 aromatic rings. The zero-order valence-electron chi connectivity index (χ0n) is 29.4. The molecule has 2 N–H and O–H groups in total. The molecule has 43 heavy (non-hydrogen) atoms. The number of amidine groups is 1. The number of amides is 1. The molecule has 3 aliphatic rings. The maximum absolute atomic E-state index is 13.0. The van der Waals surface area contributed by atoms with Crippen LogP contribution >= 0.6 is 0 Å². The SMILES string of the molecule is CCC1CCN(C(=O)C2CCCCCC2)CC1.CCCC(CCC)CC(CC1CCCCC1)(N=C(N)C(C)CC)C(C)=O. The summed E-state index contributed by atoms with van der Waals surface area (Å²) in [5.74, 6) is 4.06. The maximum atomic E-state index is 13.0. The average molecular weight is 602 g/mol. The first-order valence-electron chi connectivity index (χ1n) is 18.8. The van der Waals surface area contributed by atoms with Crippen LogP contribution in [0.2, 0.25) is 0 Å². The summed E-state index contributed by atoms with van der Waals surface area (Å²) in [6.07, 6.45) is 25.2. The minimum Gasteiger partial charge on any atom is -0.387 e. The van der Waals surface area contributed by atoms with Crippen LogP contribution in [-0.2, 0) is 9.59 Å². The van der Waals surface area contributed by atoms with Crippen LogP contribution in [0.1, 0.15) is 176 Å². The molecule has 1 saturated heterocycles. The van der Waals surface area contributed by atoms with Crippen LogP contribution in [-0.4, -0.2) is 41.1 Å². The number of rotatable bonds is 14. The van der Waals surface area contributed by atoms with Gasteiger partial charge in [-0.25, -0.2) is 0 Å². The van der Waals surface area contributed by atoms with E-state index in [2.05, 4.69) is 39.5 Å². The molecule has 2 atom stereocenters. The summed E-state index contributed by atoms with van der Waals surface area (Å²) in [7, 11) is 0. The predicted molar refractivity (Wildman–Crippen MR) is 184 cm³/mol. The molecule has 1 heterocycles. The molecular formula is C38H71N3O2. The van der Waals surface area contributed by atoms with Gasteiger partial charge in [0.05, 0.1) is 5.84 Å². The highest BCUT2D eigenvalue weighted by molar-refractivity contribution is 5.91. The molecule has 1 amide bonds. The fourth-order valence-corrected chi connectivity index (χ4v) is 7.96. The number of hydrogen-bond donors (Lipinski definition) is 1. The quantitative estimate of drug-likeness (QED) is 0.122. The van der Waals surface area contributed by atoms with E-state index in [9.17, 15) is 9.59 Å². The summed E-state index contributed by atoms with van der Waals surface area (Å²) in [4.78, 5) is 32.6. The highest BCUT2D eigenvalue weighted by atomic mass is 16.2. The third kappa shape index (κ3) is 12.9. The lowest BCUT2D eigenvalue weighted by atomic mass is 9.72. The Bertz CT molecular complexity index is 798. The number of piperidine rings is 1. The predicted octanol–water partition coefficient (Wildman–Crippen LogP) is 9.90. The van der Waals surface area contributed by atoms with Gasteiger partial charge in [-0.15, -0.1) is 0 Å². The Kier molecular flexibility index (Phi) is 18.1. The molecule has 0 spiro atoms. The van der Waals surface area contributed by atoms with Crippen LogP contribution in [0.5, 0.6) is 0 Å². The van der Waals surface area contributed by atoms with Gasteiger partial charge in [-0.1, -0.05) is 125 Å². The van der Waals surface area contributed by atoms with Gasteiger partial charge in [0.15, 0.2) is 5.78 Å². The van der Waals surface area contributed by atoms with Crippen molar-refractivity contribution in [3.05, 3.63) is 0 Å². The third-order valence-corrected chi connectivity index (χ3v) is 11.2. The molecular weight excluding hydrogens is 530 g/mol. The fourth-order valence-electron chi connectivity index (χ4n) is 7.96. The van der Waals surface area contributed by atoms with Crippen molar-refractivity contribution in [2.45, 2.75) is 182 Å². The molecule has 0 radical (unpaired) electrons. The van der Waals surface area contributed by atoms with Crippen molar-refractivity contribution < 1.29 is 9.59 Å². The summed E-state index contributed by atoms with van der Waals surface area (Å²) >= 11 is 0. The van der Waals surface area contributed by atoms with E-state index >= 15 is 0 Å². The van der Waals surface area contributed by atoms with Crippen LogP contribution in [0.15, 0.2) is 4.99 Å². The molecule has 2 aliphatic carbocycles.